The number of rotatable bonds is 5. The molecule has 0 aromatic heterocycles. The molecule has 98 valence electrons. The Morgan fingerprint density at radius 3 is 2.94 bits per heavy atom. The number of halogens is 2. The van der Waals surface area contributed by atoms with Gasteiger partial charge in [0, 0.05) is 22.4 Å². The third-order valence-corrected chi connectivity index (χ3v) is 4.36. The summed E-state index contributed by atoms with van der Waals surface area (Å²) in [4.78, 5) is 11.7. The van der Waals surface area contributed by atoms with Gasteiger partial charge in [-0.1, -0.05) is 17.7 Å². The van der Waals surface area contributed by atoms with Gasteiger partial charge in [0.2, 0.25) is 5.91 Å². The maximum absolute atomic E-state index is 13.5. The first kappa shape index (κ1) is 13.7. The van der Waals surface area contributed by atoms with Crippen LogP contribution in [-0.2, 0) is 10.5 Å². The molecule has 1 aromatic carbocycles. The van der Waals surface area contributed by atoms with Gasteiger partial charge in [-0.05, 0) is 31.9 Å². The number of hydrogen-bond acceptors (Lipinski definition) is 2. The second-order valence-electron chi connectivity index (χ2n) is 4.44. The molecule has 1 atom stereocenters. The van der Waals surface area contributed by atoms with Gasteiger partial charge >= 0.3 is 0 Å². The molecular weight excluding hydrogens is 273 g/mol. The van der Waals surface area contributed by atoms with E-state index in [-0.39, 0.29) is 17.0 Å². The number of hydrogen-bond donors (Lipinski definition) is 1. The van der Waals surface area contributed by atoms with Crippen LogP contribution in [0.3, 0.4) is 0 Å². The highest BCUT2D eigenvalue weighted by Gasteiger charge is 2.25. The van der Waals surface area contributed by atoms with Crippen molar-refractivity contribution in [3.63, 3.8) is 0 Å². The Balaban J connectivity index is 1.88. The van der Waals surface area contributed by atoms with E-state index in [2.05, 4.69) is 5.32 Å². The predicted octanol–water partition coefficient (Wildman–Crippen LogP) is 3.38. The molecule has 0 heterocycles. The van der Waals surface area contributed by atoms with Crippen LogP contribution in [0.5, 0.6) is 0 Å². The molecule has 0 saturated heterocycles. The van der Waals surface area contributed by atoms with Crippen LogP contribution < -0.4 is 5.32 Å². The average molecular weight is 288 g/mol. The van der Waals surface area contributed by atoms with Crippen molar-refractivity contribution < 1.29 is 9.18 Å². The van der Waals surface area contributed by atoms with Crippen molar-refractivity contribution in [1.82, 2.24) is 5.32 Å². The maximum Gasteiger partial charge on any atom is 0.233 e. The number of benzene rings is 1. The molecule has 2 nitrogen and oxygen atoms in total. The Hall–Kier alpha value is -0.740. The summed E-state index contributed by atoms with van der Waals surface area (Å²) >= 11 is 7.33. The van der Waals surface area contributed by atoms with Crippen LogP contribution in [0, 0.1) is 5.82 Å². The summed E-state index contributed by atoms with van der Waals surface area (Å²) in [6.07, 6.45) is 2.14. The third-order valence-electron chi connectivity index (χ3n) is 2.83. The van der Waals surface area contributed by atoms with Crippen molar-refractivity contribution >= 4 is 29.3 Å². The van der Waals surface area contributed by atoms with E-state index in [4.69, 9.17) is 11.6 Å². The fraction of sp³-hybridized carbons (Fsp3) is 0.462. The minimum Gasteiger partial charge on any atom is -0.352 e. The van der Waals surface area contributed by atoms with Gasteiger partial charge < -0.3 is 5.32 Å². The number of thioether (sulfide) groups is 1. The van der Waals surface area contributed by atoms with Gasteiger partial charge in [0.15, 0.2) is 0 Å². The van der Waals surface area contributed by atoms with Gasteiger partial charge in [-0.25, -0.2) is 4.39 Å². The van der Waals surface area contributed by atoms with Crippen LogP contribution in [0.25, 0.3) is 0 Å². The Labute approximate surface area is 115 Å². The molecule has 0 bridgehead atoms. The van der Waals surface area contributed by atoms with Crippen LogP contribution in [-0.4, -0.2) is 17.2 Å². The SMILES string of the molecule is C[C@H](SCc1c(F)cccc1Cl)C(=O)NC1CC1. The van der Waals surface area contributed by atoms with Gasteiger partial charge in [0.25, 0.3) is 0 Å². The number of nitrogens with one attached hydrogen (secondary N) is 1. The van der Waals surface area contributed by atoms with E-state index in [1.165, 1.54) is 17.8 Å². The first-order valence-corrected chi connectivity index (χ1v) is 7.35. The lowest BCUT2D eigenvalue weighted by molar-refractivity contribution is -0.120. The zero-order chi connectivity index (χ0) is 13.1. The fourth-order valence-electron chi connectivity index (χ4n) is 1.50. The van der Waals surface area contributed by atoms with Crippen molar-refractivity contribution in [2.75, 3.05) is 0 Å². The van der Waals surface area contributed by atoms with Crippen molar-refractivity contribution in [3.8, 4) is 0 Å². The lowest BCUT2D eigenvalue weighted by Crippen LogP contribution is -2.32. The summed E-state index contributed by atoms with van der Waals surface area (Å²) < 4.78 is 13.5. The molecule has 1 aliphatic carbocycles. The molecule has 0 spiro atoms. The fourth-order valence-corrected chi connectivity index (χ4v) is 2.74. The standard InChI is InChI=1S/C13H15ClFNOS/c1-8(13(17)16-9-5-6-9)18-7-10-11(14)3-2-4-12(10)15/h2-4,8-9H,5-7H2,1H3,(H,16,17)/t8-/m0/s1. The lowest BCUT2D eigenvalue weighted by Gasteiger charge is -2.12. The monoisotopic (exact) mass is 287 g/mol. The quantitative estimate of drug-likeness (QED) is 0.899. The van der Waals surface area contributed by atoms with E-state index < -0.39 is 0 Å². The summed E-state index contributed by atoms with van der Waals surface area (Å²) in [7, 11) is 0. The molecule has 1 saturated carbocycles. The summed E-state index contributed by atoms with van der Waals surface area (Å²) in [5, 5.41) is 3.15. The largest absolute Gasteiger partial charge is 0.352 e. The number of carbonyl (C=O) groups is 1. The van der Waals surface area contributed by atoms with Crippen LogP contribution in [0.1, 0.15) is 25.3 Å². The van der Waals surface area contributed by atoms with E-state index in [0.29, 0.717) is 22.4 Å². The van der Waals surface area contributed by atoms with Crippen molar-refractivity contribution in [2.45, 2.75) is 36.8 Å². The molecule has 0 unspecified atom stereocenters. The molecule has 1 N–H and O–H groups in total. The summed E-state index contributed by atoms with van der Waals surface area (Å²) in [6, 6.07) is 4.99. The van der Waals surface area contributed by atoms with Crippen LogP contribution >= 0.6 is 23.4 Å². The highest BCUT2D eigenvalue weighted by Crippen LogP contribution is 2.27. The molecule has 1 amide bonds. The van der Waals surface area contributed by atoms with E-state index in [1.54, 1.807) is 12.1 Å². The molecule has 1 aromatic rings. The molecular formula is C13H15ClFNOS. The lowest BCUT2D eigenvalue weighted by atomic mass is 10.2. The van der Waals surface area contributed by atoms with Crippen molar-refractivity contribution in [1.29, 1.82) is 0 Å². The predicted molar refractivity (Wildman–Crippen MR) is 73.3 cm³/mol. The summed E-state index contributed by atoms with van der Waals surface area (Å²) in [5.74, 6) is 0.116. The molecule has 18 heavy (non-hydrogen) atoms. The van der Waals surface area contributed by atoms with E-state index in [9.17, 15) is 9.18 Å². The smallest absolute Gasteiger partial charge is 0.233 e. The van der Waals surface area contributed by atoms with Crippen LogP contribution in [0.15, 0.2) is 18.2 Å². The minimum absolute atomic E-state index is 0.0231. The van der Waals surface area contributed by atoms with Gasteiger partial charge in [-0.2, -0.15) is 0 Å². The van der Waals surface area contributed by atoms with Gasteiger partial charge in [-0.15, -0.1) is 11.8 Å². The Morgan fingerprint density at radius 2 is 2.33 bits per heavy atom. The molecule has 1 fully saturated rings. The Morgan fingerprint density at radius 1 is 1.61 bits per heavy atom. The summed E-state index contributed by atoms with van der Waals surface area (Å²) in [6.45, 7) is 1.83. The highest BCUT2D eigenvalue weighted by atomic mass is 35.5. The van der Waals surface area contributed by atoms with E-state index in [0.717, 1.165) is 12.8 Å². The van der Waals surface area contributed by atoms with Gasteiger partial charge in [-0.3, -0.25) is 4.79 Å². The molecule has 0 radical (unpaired) electrons. The topological polar surface area (TPSA) is 29.1 Å². The second-order valence-corrected chi connectivity index (χ2v) is 6.17. The zero-order valence-electron chi connectivity index (χ0n) is 10.1. The Bertz CT molecular complexity index is 430. The molecule has 1 aliphatic rings. The minimum atomic E-state index is -0.315. The average Bonchev–Trinajstić information content (AvgIpc) is 3.12. The van der Waals surface area contributed by atoms with Crippen molar-refractivity contribution in [2.24, 2.45) is 0 Å². The van der Waals surface area contributed by atoms with Gasteiger partial charge in [0.05, 0.1) is 5.25 Å². The second kappa shape index (κ2) is 5.93. The third kappa shape index (κ3) is 3.62. The van der Waals surface area contributed by atoms with E-state index >= 15 is 0 Å². The molecule has 5 heteroatoms. The van der Waals surface area contributed by atoms with Crippen LogP contribution in [0.4, 0.5) is 4.39 Å². The maximum atomic E-state index is 13.5. The highest BCUT2D eigenvalue weighted by molar-refractivity contribution is 7.99. The van der Waals surface area contributed by atoms with Gasteiger partial charge in [0.1, 0.15) is 5.82 Å². The van der Waals surface area contributed by atoms with E-state index in [1.807, 2.05) is 6.92 Å². The number of amides is 1. The zero-order valence-corrected chi connectivity index (χ0v) is 11.7. The van der Waals surface area contributed by atoms with Crippen LogP contribution in [0.2, 0.25) is 5.02 Å². The normalized spacial score (nSPS) is 16.4. The first-order chi connectivity index (χ1) is 8.58. The van der Waals surface area contributed by atoms with Crippen molar-refractivity contribution in [3.05, 3.63) is 34.6 Å². The Kier molecular flexibility index (Phi) is 4.51. The molecule has 0 aliphatic heterocycles. The number of carbonyl (C=O) groups excluding carboxylic acids is 1. The molecule has 2 rings (SSSR count). The summed E-state index contributed by atoms with van der Waals surface area (Å²) in [5.41, 5.74) is 0.468. The first-order valence-electron chi connectivity index (χ1n) is 5.93.